The van der Waals surface area contributed by atoms with Crippen LogP contribution in [0.25, 0.3) is 76.8 Å². The summed E-state index contributed by atoms with van der Waals surface area (Å²) in [7, 11) is 0. The Morgan fingerprint density at radius 1 is 0.444 bits per heavy atom. The second-order valence-corrected chi connectivity index (χ2v) is 11.6. The van der Waals surface area contributed by atoms with Gasteiger partial charge in [0.25, 0.3) is 0 Å². The number of furan rings is 1. The number of fused-ring (bicyclic) bond motifs is 6. The molecule has 0 unspecified atom stereocenters. The fourth-order valence-corrected chi connectivity index (χ4v) is 6.99. The SMILES string of the molecule is c1ccc(-c2nc3c4cccc5oc6cc(N(c7ccccc7)c7ccc8c(ccc9ccccc98)c7)cc(c3o2)c6c54)cc1. The van der Waals surface area contributed by atoms with Gasteiger partial charge >= 0.3 is 0 Å². The van der Waals surface area contributed by atoms with Gasteiger partial charge in [-0.1, -0.05) is 91.0 Å². The number of oxazole rings is 1. The van der Waals surface area contributed by atoms with E-state index in [0.717, 1.165) is 66.4 Å². The summed E-state index contributed by atoms with van der Waals surface area (Å²) in [6.45, 7) is 0. The average Bonchev–Trinajstić information content (AvgIpc) is 3.72. The van der Waals surface area contributed by atoms with Crippen molar-refractivity contribution < 1.29 is 8.83 Å². The maximum Gasteiger partial charge on any atom is 0.227 e. The lowest BCUT2D eigenvalue weighted by Gasteiger charge is -2.26. The summed E-state index contributed by atoms with van der Waals surface area (Å²) in [5, 5.41) is 9.08. The highest BCUT2D eigenvalue weighted by molar-refractivity contribution is 6.32. The standard InChI is InChI=1S/C41H24N2O2/c1-3-11-26(12-4-1)41-42-39-33-16-9-17-35-37(33)38-34(40(39)45-41)23-30(24-36(38)44-35)43(28-13-5-2-6-14-28)29-20-21-32-27(22-29)19-18-25-10-7-8-15-31(25)32/h1-24H. The highest BCUT2D eigenvalue weighted by Crippen LogP contribution is 2.47. The Bertz CT molecular complexity index is 2710. The van der Waals surface area contributed by atoms with E-state index in [-0.39, 0.29) is 0 Å². The van der Waals surface area contributed by atoms with Crippen molar-refractivity contribution in [1.29, 1.82) is 0 Å². The summed E-state index contributed by atoms with van der Waals surface area (Å²) in [5.41, 5.74) is 7.32. The van der Waals surface area contributed by atoms with Gasteiger partial charge in [-0.2, -0.15) is 0 Å². The van der Waals surface area contributed by atoms with Crippen molar-refractivity contribution in [3.05, 3.63) is 146 Å². The fraction of sp³-hybridized carbons (Fsp3) is 0. The molecule has 0 fully saturated rings. The third-order valence-electron chi connectivity index (χ3n) is 8.99. The average molecular weight is 577 g/mol. The number of hydrogen-bond acceptors (Lipinski definition) is 4. The lowest BCUT2D eigenvalue weighted by molar-refractivity contribution is 0.623. The van der Waals surface area contributed by atoms with Crippen molar-refractivity contribution >= 4 is 82.4 Å². The number of hydrogen-bond donors (Lipinski definition) is 0. The molecule has 0 spiro atoms. The molecule has 2 heterocycles. The van der Waals surface area contributed by atoms with E-state index in [1.165, 1.54) is 21.5 Å². The Morgan fingerprint density at radius 3 is 2.07 bits per heavy atom. The zero-order valence-electron chi connectivity index (χ0n) is 24.1. The van der Waals surface area contributed by atoms with Crippen molar-refractivity contribution in [1.82, 2.24) is 4.98 Å². The van der Waals surface area contributed by atoms with E-state index in [0.29, 0.717) is 5.89 Å². The molecular formula is C41H24N2O2. The van der Waals surface area contributed by atoms with Crippen LogP contribution in [0.2, 0.25) is 0 Å². The van der Waals surface area contributed by atoms with Crippen LogP contribution in [0, 0.1) is 0 Å². The summed E-state index contributed by atoms with van der Waals surface area (Å²) in [6.07, 6.45) is 0. The van der Waals surface area contributed by atoms with Gasteiger partial charge in [-0.15, -0.1) is 0 Å². The molecule has 2 aromatic heterocycles. The van der Waals surface area contributed by atoms with E-state index in [9.17, 15) is 0 Å². The fourth-order valence-electron chi connectivity index (χ4n) is 6.99. The maximum absolute atomic E-state index is 6.61. The van der Waals surface area contributed by atoms with Crippen LogP contribution in [0.3, 0.4) is 0 Å². The molecule has 0 aliphatic rings. The summed E-state index contributed by atoms with van der Waals surface area (Å²) in [5.74, 6) is 0.611. The van der Waals surface area contributed by atoms with E-state index in [1.807, 2.05) is 48.5 Å². The molecule has 8 aromatic carbocycles. The first-order chi connectivity index (χ1) is 22.3. The quantitative estimate of drug-likeness (QED) is 0.195. The zero-order valence-corrected chi connectivity index (χ0v) is 24.1. The monoisotopic (exact) mass is 576 g/mol. The van der Waals surface area contributed by atoms with Gasteiger partial charge < -0.3 is 13.7 Å². The van der Waals surface area contributed by atoms with Gasteiger partial charge in [0.05, 0.1) is 5.69 Å². The Labute approximate surface area is 257 Å². The number of para-hydroxylation sites is 1. The minimum atomic E-state index is 0.611. The number of nitrogens with zero attached hydrogens (tertiary/aromatic N) is 2. The van der Waals surface area contributed by atoms with Gasteiger partial charge in [0.2, 0.25) is 5.89 Å². The highest BCUT2D eigenvalue weighted by Gasteiger charge is 2.24. The summed E-state index contributed by atoms with van der Waals surface area (Å²) in [6, 6.07) is 50.8. The summed E-state index contributed by atoms with van der Waals surface area (Å²) in [4.78, 5) is 7.33. The molecule has 0 aliphatic carbocycles. The zero-order chi connectivity index (χ0) is 29.5. The van der Waals surface area contributed by atoms with Crippen LogP contribution in [0.15, 0.2) is 154 Å². The van der Waals surface area contributed by atoms with Gasteiger partial charge in [0.1, 0.15) is 16.7 Å². The van der Waals surface area contributed by atoms with E-state index >= 15 is 0 Å². The van der Waals surface area contributed by atoms with Crippen molar-refractivity contribution in [2.75, 3.05) is 4.90 Å². The number of rotatable bonds is 4. The third kappa shape index (κ3) is 3.57. The van der Waals surface area contributed by atoms with Crippen molar-refractivity contribution in [3.8, 4) is 11.5 Å². The van der Waals surface area contributed by atoms with Crippen molar-refractivity contribution in [2.24, 2.45) is 0 Å². The van der Waals surface area contributed by atoms with Crippen LogP contribution < -0.4 is 4.90 Å². The highest BCUT2D eigenvalue weighted by atomic mass is 16.3. The Balaban J connectivity index is 1.27. The second kappa shape index (κ2) is 9.18. The number of anilines is 3. The molecule has 0 atom stereocenters. The van der Waals surface area contributed by atoms with Crippen LogP contribution in [-0.2, 0) is 0 Å². The van der Waals surface area contributed by atoms with Crippen LogP contribution in [0.4, 0.5) is 17.1 Å². The topological polar surface area (TPSA) is 42.4 Å². The molecule has 4 nitrogen and oxygen atoms in total. The van der Waals surface area contributed by atoms with E-state index in [2.05, 4.69) is 102 Å². The minimum Gasteiger partial charge on any atom is -0.456 e. The number of aromatic nitrogens is 1. The Morgan fingerprint density at radius 2 is 1.18 bits per heavy atom. The third-order valence-corrected chi connectivity index (χ3v) is 8.99. The van der Waals surface area contributed by atoms with Gasteiger partial charge in [-0.05, 0) is 70.1 Å². The second-order valence-electron chi connectivity index (χ2n) is 11.6. The van der Waals surface area contributed by atoms with Gasteiger partial charge in [0.15, 0.2) is 5.58 Å². The molecule has 0 amide bonds. The Kier molecular flexibility index (Phi) is 4.96. The van der Waals surface area contributed by atoms with Gasteiger partial charge in [-0.3, -0.25) is 0 Å². The molecular weight excluding hydrogens is 552 g/mol. The summed E-state index contributed by atoms with van der Waals surface area (Å²) < 4.78 is 13.2. The maximum atomic E-state index is 6.61. The van der Waals surface area contributed by atoms with Crippen molar-refractivity contribution in [2.45, 2.75) is 0 Å². The lowest BCUT2D eigenvalue weighted by atomic mass is 9.99. The molecule has 0 aliphatic heterocycles. The molecule has 4 heteroatoms. The molecule has 0 bridgehead atoms. The number of benzene rings is 8. The van der Waals surface area contributed by atoms with Crippen LogP contribution in [0.1, 0.15) is 0 Å². The molecule has 10 aromatic rings. The normalized spacial score (nSPS) is 12.0. The van der Waals surface area contributed by atoms with E-state index in [4.69, 9.17) is 13.8 Å². The molecule has 0 saturated carbocycles. The molecule has 0 radical (unpaired) electrons. The Hall–Kier alpha value is -6.13. The van der Waals surface area contributed by atoms with Crippen LogP contribution in [0.5, 0.6) is 0 Å². The molecule has 45 heavy (non-hydrogen) atoms. The first-order valence-electron chi connectivity index (χ1n) is 15.1. The molecule has 0 N–H and O–H groups in total. The predicted octanol–water partition coefficient (Wildman–Crippen LogP) is 11.8. The molecule has 0 saturated heterocycles. The van der Waals surface area contributed by atoms with Crippen molar-refractivity contribution in [3.63, 3.8) is 0 Å². The summed E-state index contributed by atoms with van der Waals surface area (Å²) >= 11 is 0. The van der Waals surface area contributed by atoms with E-state index in [1.54, 1.807) is 0 Å². The smallest absolute Gasteiger partial charge is 0.227 e. The predicted molar refractivity (Wildman–Crippen MR) is 185 cm³/mol. The largest absolute Gasteiger partial charge is 0.456 e. The minimum absolute atomic E-state index is 0.611. The molecule has 210 valence electrons. The van der Waals surface area contributed by atoms with Crippen LogP contribution >= 0.6 is 0 Å². The van der Waals surface area contributed by atoms with Gasteiger partial charge in [-0.25, -0.2) is 4.98 Å². The van der Waals surface area contributed by atoms with E-state index < -0.39 is 0 Å². The molecule has 10 rings (SSSR count). The first-order valence-corrected chi connectivity index (χ1v) is 15.1. The lowest BCUT2D eigenvalue weighted by Crippen LogP contribution is -2.09. The van der Waals surface area contributed by atoms with Crippen LogP contribution in [-0.4, -0.2) is 4.98 Å². The first kappa shape index (κ1) is 24.3. The van der Waals surface area contributed by atoms with Gasteiger partial charge in [0, 0.05) is 44.5 Å².